The van der Waals surface area contributed by atoms with E-state index in [1.54, 1.807) is 18.9 Å². The Morgan fingerprint density at radius 2 is 1.74 bits per heavy atom. The van der Waals surface area contributed by atoms with E-state index in [1.807, 2.05) is 60.7 Å². The number of carbonyl (C=O) groups excluding carboxylic acids is 1. The fourth-order valence-corrected chi connectivity index (χ4v) is 4.43. The molecule has 0 aliphatic heterocycles. The molecule has 3 N–H and O–H groups in total. The van der Waals surface area contributed by atoms with Gasteiger partial charge in [0, 0.05) is 31.6 Å². The van der Waals surface area contributed by atoms with E-state index >= 15 is 0 Å². The molecule has 8 nitrogen and oxygen atoms in total. The van der Waals surface area contributed by atoms with E-state index < -0.39 is 11.2 Å². The molecule has 0 unspecified atom stereocenters. The Kier molecular flexibility index (Phi) is 9.54. The van der Waals surface area contributed by atoms with E-state index in [1.165, 1.54) is 9.47 Å². The van der Waals surface area contributed by atoms with E-state index in [0.29, 0.717) is 19.4 Å². The lowest BCUT2D eigenvalue weighted by Gasteiger charge is -2.24. The first kappa shape index (κ1) is 25.3. The molecule has 9 heteroatoms. The number of aromatic nitrogens is 2. The van der Waals surface area contributed by atoms with Crippen LogP contribution in [0, 0.1) is 0 Å². The van der Waals surface area contributed by atoms with Crippen molar-refractivity contribution < 1.29 is 9.53 Å². The van der Waals surface area contributed by atoms with Crippen LogP contribution >= 0.6 is 11.8 Å². The zero-order valence-electron chi connectivity index (χ0n) is 19.2. The zero-order valence-corrected chi connectivity index (χ0v) is 20.1. The number of rotatable bonds is 12. The fourth-order valence-electron chi connectivity index (χ4n) is 3.55. The number of methoxy groups -OCH3 is 1. The van der Waals surface area contributed by atoms with Gasteiger partial charge in [-0.1, -0.05) is 48.5 Å². The maximum absolute atomic E-state index is 13.2. The van der Waals surface area contributed by atoms with E-state index in [0.717, 1.165) is 16.2 Å². The number of ether oxygens (including phenoxy) is 1. The van der Waals surface area contributed by atoms with Crippen molar-refractivity contribution in [3.63, 3.8) is 0 Å². The number of amides is 1. The van der Waals surface area contributed by atoms with Gasteiger partial charge >= 0.3 is 5.69 Å². The SMILES string of the molecule is COCCCN(C(=O)CCCSc1ccccc1)c1c(N)n(Cc2ccccc2)c(=O)[nH]c1=O. The normalized spacial score (nSPS) is 10.9. The summed E-state index contributed by atoms with van der Waals surface area (Å²) in [5.74, 6) is 0.523. The summed E-state index contributed by atoms with van der Waals surface area (Å²) in [5.41, 5.74) is 5.90. The molecule has 3 aromatic rings. The predicted octanol–water partition coefficient (Wildman–Crippen LogP) is 3.11. The summed E-state index contributed by atoms with van der Waals surface area (Å²) < 4.78 is 6.41. The Balaban J connectivity index is 1.81. The highest BCUT2D eigenvalue weighted by Gasteiger charge is 2.24. The molecule has 0 aliphatic rings. The molecule has 0 saturated heterocycles. The van der Waals surface area contributed by atoms with Gasteiger partial charge < -0.3 is 15.4 Å². The Labute approximate surface area is 202 Å². The van der Waals surface area contributed by atoms with Crippen LogP contribution in [0.2, 0.25) is 0 Å². The Bertz CT molecular complexity index is 1180. The first-order valence-electron chi connectivity index (χ1n) is 11.1. The number of thioether (sulfide) groups is 1. The van der Waals surface area contributed by atoms with E-state index in [-0.39, 0.29) is 36.9 Å². The predicted molar refractivity (Wildman–Crippen MR) is 137 cm³/mol. The summed E-state index contributed by atoms with van der Waals surface area (Å²) in [5, 5.41) is 0. The lowest BCUT2D eigenvalue weighted by atomic mass is 10.2. The molecule has 0 bridgehead atoms. The number of hydrogen-bond donors (Lipinski definition) is 2. The molecule has 0 atom stereocenters. The third kappa shape index (κ3) is 6.85. The number of H-pyrrole nitrogens is 1. The second-order valence-corrected chi connectivity index (χ2v) is 8.89. The standard InChI is InChI=1S/C25H30N4O4S/c1-33-16-9-15-28(21(30)14-8-17-34-20-12-6-3-7-13-20)22-23(26)29(25(32)27-24(22)31)18-19-10-4-2-5-11-19/h2-7,10-13H,8-9,14-18,26H2,1H3,(H,27,31,32). The lowest BCUT2D eigenvalue weighted by Crippen LogP contribution is -2.42. The monoisotopic (exact) mass is 482 g/mol. The van der Waals surface area contributed by atoms with Crippen LogP contribution in [0.4, 0.5) is 11.5 Å². The highest BCUT2D eigenvalue weighted by Crippen LogP contribution is 2.22. The van der Waals surface area contributed by atoms with Crippen molar-refractivity contribution in [2.75, 3.05) is 36.6 Å². The number of nitrogens with one attached hydrogen (secondary N) is 1. The molecule has 180 valence electrons. The van der Waals surface area contributed by atoms with Gasteiger partial charge in [-0.2, -0.15) is 0 Å². The van der Waals surface area contributed by atoms with E-state index in [2.05, 4.69) is 4.98 Å². The molecular formula is C25H30N4O4S. The van der Waals surface area contributed by atoms with Gasteiger partial charge in [0.1, 0.15) is 5.82 Å². The van der Waals surface area contributed by atoms with Crippen molar-refractivity contribution in [2.24, 2.45) is 0 Å². The van der Waals surface area contributed by atoms with Crippen molar-refractivity contribution in [2.45, 2.75) is 30.7 Å². The van der Waals surface area contributed by atoms with Gasteiger partial charge in [0.25, 0.3) is 5.56 Å². The fraction of sp³-hybridized carbons (Fsp3) is 0.320. The zero-order chi connectivity index (χ0) is 24.3. The molecule has 3 rings (SSSR count). The molecule has 2 aromatic carbocycles. The Morgan fingerprint density at radius 3 is 2.41 bits per heavy atom. The lowest BCUT2D eigenvalue weighted by molar-refractivity contribution is -0.118. The van der Waals surface area contributed by atoms with Crippen molar-refractivity contribution in [1.29, 1.82) is 0 Å². The van der Waals surface area contributed by atoms with E-state index in [4.69, 9.17) is 10.5 Å². The number of nitrogens with zero attached hydrogens (tertiary/aromatic N) is 2. The molecular weight excluding hydrogens is 452 g/mol. The number of anilines is 2. The van der Waals surface area contributed by atoms with Gasteiger partial charge in [-0.25, -0.2) is 4.79 Å². The minimum atomic E-state index is -0.670. The summed E-state index contributed by atoms with van der Waals surface area (Å²) in [4.78, 5) is 43.3. The van der Waals surface area contributed by atoms with Gasteiger partial charge in [0.15, 0.2) is 5.69 Å². The van der Waals surface area contributed by atoms with Crippen LogP contribution in [-0.4, -0.2) is 41.5 Å². The van der Waals surface area contributed by atoms with Crippen LogP contribution in [0.25, 0.3) is 0 Å². The summed E-state index contributed by atoms with van der Waals surface area (Å²) in [7, 11) is 1.58. The molecule has 0 spiro atoms. The summed E-state index contributed by atoms with van der Waals surface area (Å²) in [6.07, 6.45) is 1.42. The summed E-state index contributed by atoms with van der Waals surface area (Å²) >= 11 is 1.67. The quantitative estimate of drug-likeness (QED) is 0.303. The third-order valence-electron chi connectivity index (χ3n) is 5.25. The molecule has 0 radical (unpaired) electrons. The van der Waals surface area contributed by atoms with Crippen molar-refractivity contribution in [3.05, 3.63) is 87.1 Å². The molecule has 1 amide bonds. The molecule has 0 saturated carbocycles. The Hall–Kier alpha value is -3.30. The van der Waals surface area contributed by atoms with Crippen molar-refractivity contribution in [3.8, 4) is 0 Å². The topological polar surface area (TPSA) is 110 Å². The smallest absolute Gasteiger partial charge is 0.330 e. The van der Waals surface area contributed by atoms with E-state index in [9.17, 15) is 14.4 Å². The average Bonchev–Trinajstić information content (AvgIpc) is 2.84. The maximum atomic E-state index is 13.2. The molecule has 0 aliphatic carbocycles. The highest BCUT2D eigenvalue weighted by atomic mass is 32.2. The number of nitrogen functional groups attached to an aromatic ring is 1. The second kappa shape index (κ2) is 12.8. The number of benzene rings is 2. The second-order valence-electron chi connectivity index (χ2n) is 7.72. The minimum absolute atomic E-state index is 0.00680. The summed E-state index contributed by atoms with van der Waals surface area (Å²) in [6.45, 7) is 0.869. The van der Waals surface area contributed by atoms with Crippen LogP contribution in [0.5, 0.6) is 0 Å². The van der Waals surface area contributed by atoms with Crippen LogP contribution in [0.1, 0.15) is 24.8 Å². The first-order chi connectivity index (χ1) is 16.5. The number of hydrogen-bond acceptors (Lipinski definition) is 6. The van der Waals surface area contributed by atoms with Gasteiger partial charge in [-0.3, -0.25) is 19.1 Å². The molecule has 1 heterocycles. The molecule has 0 fully saturated rings. The van der Waals surface area contributed by atoms with Crippen LogP contribution in [0.15, 0.2) is 75.1 Å². The van der Waals surface area contributed by atoms with Crippen molar-refractivity contribution >= 4 is 29.2 Å². The van der Waals surface area contributed by atoms with Gasteiger partial charge in [-0.05, 0) is 36.3 Å². The number of nitrogens with two attached hydrogens (primary N) is 1. The Morgan fingerprint density at radius 1 is 1.06 bits per heavy atom. The van der Waals surface area contributed by atoms with Gasteiger partial charge in [0.2, 0.25) is 5.91 Å². The number of carbonyl (C=O) groups is 1. The first-order valence-corrected chi connectivity index (χ1v) is 12.1. The van der Waals surface area contributed by atoms with Gasteiger partial charge in [-0.15, -0.1) is 11.8 Å². The maximum Gasteiger partial charge on any atom is 0.330 e. The highest BCUT2D eigenvalue weighted by molar-refractivity contribution is 7.99. The van der Waals surface area contributed by atoms with Gasteiger partial charge in [0.05, 0.1) is 6.54 Å². The van der Waals surface area contributed by atoms with Crippen LogP contribution in [-0.2, 0) is 16.1 Å². The average molecular weight is 483 g/mol. The summed E-state index contributed by atoms with van der Waals surface area (Å²) in [6, 6.07) is 19.3. The van der Waals surface area contributed by atoms with Crippen molar-refractivity contribution in [1.82, 2.24) is 9.55 Å². The largest absolute Gasteiger partial charge is 0.385 e. The molecule has 1 aromatic heterocycles. The van der Waals surface area contributed by atoms with Crippen LogP contribution in [0.3, 0.4) is 0 Å². The molecule has 34 heavy (non-hydrogen) atoms. The van der Waals surface area contributed by atoms with Crippen LogP contribution < -0.4 is 21.9 Å². The third-order valence-corrected chi connectivity index (χ3v) is 6.34. The minimum Gasteiger partial charge on any atom is -0.385 e. The number of aromatic amines is 1.